The van der Waals surface area contributed by atoms with Crippen LogP contribution in [0, 0.1) is 31.3 Å². The van der Waals surface area contributed by atoms with Crippen LogP contribution in [0.3, 0.4) is 0 Å². The minimum Gasteiger partial charge on any atom is -0.479 e. The topological polar surface area (TPSA) is 98.1 Å². The Balaban J connectivity index is 1.61. The van der Waals surface area contributed by atoms with Gasteiger partial charge in [-0.25, -0.2) is 22.8 Å². The number of nitrogens with one attached hydrogen (secondary N) is 2. The van der Waals surface area contributed by atoms with Crippen molar-refractivity contribution in [2.24, 2.45) is 7.05 Å². The van der Waals surface area contributed by atoms with Gasteiger partial charge in [0.05, 0.1) is 24.7 Å². The first-order valence-electron chi connectivity index (χ1n) is 9.70. The molecule has 0 atom stereocenters. The molecule has 32 heavy (non-hydrogen) atoms. The molecule has 0 bridgehead atoms. The van der Waals surface area contributed by atoms with Crippen LogP contribution in [0.1, 0.15) is 23.2 Å². The lowest BCUT2D eigenvalue weighted by molar-refractivity contribution is -0.124. The Morgan fingerprint density at radius 3 is 2.53 bits per heavy atom. The molecule has 8 nitrogen and oxygen atoms in total. The number of nitrogens with zero attached hydrogens (tertiary/aromatic N) is 3. The van der Waals surface area contributed by atoms with E-state index < -0.39 is 41.5 Å². The van der Waals surface area contributed by atoms with Crippen molar-refractivity contribution in [2.75, 3.05) is 19.0 Å². The Bertz CT molecular complexity index is 1210. The highest BCUT2D eigenvalue weighted by molar-refractivity contribution is 5.94. The Hall–Kier alpha value is -3.63. The van der Waals surface area contributed by atoms with E-state index >= 15 is 0 Å². The SMILES string of the molecule is COc1nn(C)c2nc(C)c(CCC(=O)NCC(=O)Nc3ccc(F)c(F)c3F)c(C)c12. The van der Waals surface area contributed by atoms with Crippen LogP contribution in [-0.4, -0.2) is 40.2 Å². The number of hydrogen-bond acceptors (Lipinski definition) is 5. The van der Waals surface area contributed by atoms with E-state index in [0.717, 1.165) is 28.3 Å². The number of pyridine rings is 1. The van der Waals surface area contributed by atoms with E-state index in [1.165, 1.54) is 7.11 Å². The van der Waals surface area contributed by atoms with Crippen molar-refractivity contribution in [1.29, 1.82) is 0 Å². The second kappa shape index (κ2) is 9.25. The molecule has 2 N–H and O–H groups in total. The minimum atomic E-state index is -1.69. The van der Waals surface area contributed by atoms with Gasteiger partial charge in [0.15, 0.2) is 23.1 Å². The second-order valence-corrected chi connectivity index (χ2v) is 7.18. The minimum absolute atomic E-state index is 0.0737. The monoisotopic (exact) mass is 449 g/mol. The molecule has 2 aromatic heterocycles. The van der Waals surface area contributed by atoms with E-state index in [9.17, 15) is 22.8 Å². The molecular formula is C21H22F3N5O3. The lowest BCUT2D eigenvalue weighted by Gasteiger charge is -2.12. The number of fused-ring (bicyclic) bond motifs is 1. The Labute approximate surface area is 181 Å². The van der Waals surface area contributed by atoms with Crippen molar-refractivity contribution >= 4 is 28.5 Å². The first-order valence-corrected chi connectivity index (χ1v) is 9.70. The number of benzene rings is 1. The van der Waals surface area contributed by atoms with Crippen molar-refractivity contribution in [2.45, 2.75) is 26.7 Å². The molecule has 0 spiro atoms. The summed E-state index contributed by atoms with van der Waals surface area (Å²) in [5, 5.41) is 9.56. The Kier molecular flexibility index (Phi) is 6.66. The highest BCUT2D eigenvalue weighted by atomic mass is 19.2. The number of aromatic nitrogens is 3. The molecule has 0 radical (unpaired) electrons. The van der Waals surface area contributed by atoms with Crippen LogP contribution in [0.5, 0.6) is 5.88 Å². The molecule has 11 heteroatoms. The van der Waals surface area contributed by atoms with Crippen LogP contribution in [0.15, 0.2) is 12.1 Å². The number of carbonyl (C=O) groups excluding carboxylic acids is 2. The van der Waals surface area contributed by atoms with Crippen molar-refractivity contribution in [3.63, 3.8) is 0 Å². The van der Waals surface area contributed by atoms with E-state index in [1.807, 2.05) is 13.8 Å². The summed E-state index contributed by atoms with van der Waals surface area (Å²) in [6.07, 6.45) is 0.439. The fraction of sp³-hybridized carbons (Fsp3) is 0.333. The third-order valence-corrected chi connectivity index (χ3v) is 5.07. The van der Waals surface area contributed by atoms with Gasteiger partial charge in [-0.3, -0.25) is 9.59 Å². The Morgan fingerprint density at radius 2 is 1.84 bits per heavy atom. The number of amides is 2. The molecule has 0 aliphatic carbocycles. The van der Waals surface area contributed by atoms with Gasteiger partial charge >= 0.3 is 0 Å². The summed E-state index contributed by atoms with van der Waals surface area (Å²) in [7, 11) is 3.28. The van der Waals surface area contributed by atoms with Crippen molar-refractivity contribution in [3.8, 4) is 5.88 Å². The predicted molar refractivity (Wildman–Crippen MR) is 111 cm³/mol. The maximum absolute atomic E-state index is 13.6. The first kappa shape index (κ1) is 23.0. The zero-order valence-electron chi connectivity index (χ0n) is 18.0. The third-order valence-electron chi connectivity index (χ3n) is 5.07. The lowest BCUT2D eigenvalue weighted by atomic mass is 10.00. The van der Waals surface area contributed by atoms with Crippen molar-refractivity contribution in [1.82, 2.24) is 20.1 Å². The van der Waals surface area contributed by atoms with Gasteiger partial charge in [0, 0.05) is 19.2 Å². The van der Waals surface area contributed by atoms with Crippen LogP contribution in [-0.2, 0) is 23.1 Å². The molecule has 2 heterocycles. The number of hydrogen-bond donors (Lipinski definition) is 2. The summed E-state index contributed by atoms with van der Waals surface area (Å²) in [4.78, 5) is 28.7. The van der Waals surface area contributed by atoms with Gasteiger partial charge in [0.1, 0.15) is 0 Å². The largest absolute Gasteiger partial charge is 0.479 e. The zero-order valence-corrected chi connectivity index (χ0v) is 18.0. The molecule has 1 aromatic carbocycles. The van der Waals surface area contributed by atoms with Gasteiger partial charge in [0.2, 0.25) is 17.7 Å². The molecule has 0 saturated heterocycles. The molecule has 170 valence electrons. The van der Waals surface area contributed by atoms with Crippen LogP contribution >= 0.6 is 0 Å². The van der Waals surface area contributed by atoms with Crippen molar-refractivity contribution < 1.29 is 27.5 Å². The van der Waals surface area contributed by atoms with Crippen molar-refractivity contribution in [3.05, 3.63) is 46.4 Å². The summed E-state index contributed by atoms with van der Waals surface area (Å²) in [5.41, 5.74) is 2.68. The van der Waals surface area contributed by atoms with E-state index in [4.69, 9.17) is 4.74 Å². The number of ether oxygens (including phenoxy) is 1. The molecule has 3 rings (SSSR count). The van der Waals surface area contributed by atoms with Crippen LogP contribution in [0.4, 0.5) is 18.9 Å². The Morgan fingerprint density at radius 1 is 1.12 bits per heavy atom. The van der Waals surface area contributed by atoms with Gasteiger partial charge in [-0.1, -0.05) is 0 Å². The molecular weight excluding hydrogens is 427 g/mol. The van der Waals surface area contributed by atoms with Crippen LogP contribution < -0.4 is 15.4 Å². The number of aryl methyl sites for hydroxylation is 3. The zero-order chi connectivity index (χ0) is 23.6. The smallest absolute Gasteiger partial charge is 0.243 e. The van der Waals surface area contributed by atoms with E-state index in [2.05, 4.69) is 20.7 Å². The van der Waals surface area contributed by atoms with Crippen LogP contribution in [0.2, 0.25) is 0 Å². The normalized spacial score (nSPS) is 11.0. The standard InChI is InChI=1S/C21H22F3N5O3/c1-10-12(11(2)26-20-17(10)21(32-4)28-29(20)3)5-8-15(30)25-9-16(31)27-14-7-6-13(22)18(23)19(14)24/h6-7H,5,8-9H2,1-4H3,(H,25,30)(H,27,31). The maximum Gasteiger partial charge on any atom is 0.243 e. The van der Waals surface area contributed by atoms with Gasteiger partial charge in [0.25, 0.3) is 0 Å². The summed E-state index contributed by atoms with van der Waals surface area (Å²) in [6, 6.07) is 1.59. The number of rotatable bonds is 7. The molecule has 2 amide bonds. The third kappa shape index (κ3) is 4.51. The van der Waals surface area contributed by atoms with Gasteiger partial charge < -0.3 is 15.4 Å². The first-order chi connectivity index (χ1) is 15.1. The number of carbonyl (C=O) groups is 2. The highest BCUT2D eigenvalue weighted by Gasteiger charge is 2.19. The van der Waals surface area contributed by atoms with Crippen LogP contribution in [0.25, 0.3) is 11.0 Å². The lowest BCUT2D eigenvalue weighted by Crippen LogP contribution is -2.33. The van der Waals surface area contributed by atoms with Gasteiger partial charge in [-0.05, 0) is 43.5 Å². The molecule has 0 aliphatic rings. The number of halogens is 3. The average Bonchev–Trinajstić information content (AvgIpc) is 3.08. The fourth-order valence-electron chi connectivity index (χ4n) is 3.43. The molecule has 3 aromatic rings. The summed E-state index contributed by atoms with van der Waals surface area (Å²) in [5.74, 6) is -5.31. The summed E-state index contributed by atoms with van der Waals surface area (Å²) in [6.45, 7) is 3.28. The predicted octanol–water partition coefficient (Wildman–Crippen LogP) is 2.70. The van der Waals surface area contributed by atoms with E-state index in [1.54, 1.807) is 11.7 Å². The summed E-state index contributed by atoms with van der Waals surface area (Å²) < 4.78 is 46.8. The number of methoxy groups -OCH3 is 1. The molecule has 0 unspecified atom stereocenters. The second-order valence-electron chi connectivity index (χ2n) is 7.18. The van der Waals surface area contributed by atoms with E-state index in [0.29, 0.717) is 24.0 Å². The quantitative estimate of drug-likeness (QED) is 0.541. The molecule has 0 saturated carbocycles. The van der Waals surface area contributed by atoms with Gasteiger partial charge in [-0.15, -0.1) is 5.10 Å². The maximum atomic E-state index is 13.6. The molecule has 0 fully saturated rings. The van der Waals surface area contributed by atoms with Gasteiger partial charge in [-0.2, -0.15) is 0 Å². The highest BCUT2D eigenvalue weighted by Crippen LogP contribution is 2.30. The fourth-order valence-corrected chi connectivity index (χ4v) is 3.43. The molecule has 0 aliphatic heterocycles. The summed E-state index contributed by atoms with van der Waals surface area (Å²) >= 11 is 0. The number of anilines is 1. The average molecular weight is 449 g/mol. The van der Waals surface area contributed by atoms with E-state index in [-0.39, 0.29) is 6.42 Å².